The number of aryl methyl sites for hydroxylation is 1. The van der Waals surface area contributed by atoms with Gasteiger partial charge in [-0.1, -0.05) is 17.7 Å². The average molecular weight is 317 g/mol. The van der Waals surface area contributed by atoms with Gasteiger partial charge in [0.2, 0.25) is 5.91 Å². The molecule has 0 bridgehead atoms. The van der Waals surface area contributed by atoms with Gasteiger partial charge in [0.1, 0.15) is 0 Å². The lowest BCUT2D eigenvalue weighted by atomic mass is 10.1. The lowest BCUT2D eigenvalue weighted by Crippen LogP contribution is -2.22. The molecule has 1 amide bonds. The van der Waals surface area contributed by atoms with Crippen molar-refractivity contribution in [2.45, 2.75) is 13.8 Å². The van der Waals surface area contributed by atoms with E-state index in [1.807, 2.05) is 13.0 Å². The number of carbonyl (C=O) groups is 2. The van der Waals surface area contributed by atoms with Gasteiger partial charge in [-0.15, -0.1) is 0 Å². The van der Waals surface area contributed by atoms with E-state index in [0.29, 0.717) is 16.3 Å². The summed E-state index contributed by atoms with van der Waals surface area (Å²) in [5.74, 6) is -0.151. The molecule has 0 aliphatic carbocycles. The Morgan fingerprint density at radius 2 is 1.77 bits per heavy atom. The Kier molecular flexibility index (Phi) is 5.17. The zero-order chi connectivity index (χ0) is 16.1. The first-order valence-corrected chi connectivity index (χ1v) is 7.24. The van der Waals surface area contributed by atoms with Crippen molar-refractivity contribution in [1.29, 1.82) is 0 Å². The number of ketones is 1. The molecule has 114 valence electrons. The Labute approximate surface area is 134 Å². The Morgan fingerprint density at radius 1 is 1.09 bits per heavy atom. The quantitative estimate of drug-likeness (QED) is 0.822. The van der Waals surface area contributed by atoms with Gasteiger partial charge in [-0.3, -0.25) is 9.59 Å². The third kappa shape index (κ3) is 4.33. The van der Waals surface area contributed by atoms with Crippen molar-refractivity contribution in [3.8, 4) is 0 Å². The molecule has 0 heterocycles. The number of amides is 1. The highest BCUT2D eigenvalue weighted by molar-refractivity contribution is 6.31. The molecule has 2 aromatic carbocycles. The Hall–Kier alpha value is -2.33. The van der Waals surface area contributed by atoms with Crippen molar-refractivity contribution >= 4 is 34.7 Å². The van der Waals surface area contributed by atoms with Crippen LogP contribution in [0.25, 0.3) is 0 Å². The number of benzene rings is 2. The molecule has 2 N–H and O–H groups in total. The standard InChI is InChI=1S/C17H17ClN2O2/c1-11-3-6-14(18)9-16(11)20-17(22)10-19-15-7-4-13(5-8-15)12(2)21/h3-9,19H,10H2,1-2H3,(H,20,22). The van der Waals surface area contributed by atoms with Gasteiger partial charge < -0.3 is 10.6 Å². The molecule has 0 aliphatic rings. The van der Waals surface area contributed by atoms with Crippen molar-refractivity contribution in [3.05, 3.63) is 58.6 Å². The smallest absolute Gasteiger partial charge is 0.243 e. The summed E-state index contributed by atoms with van der Waals surface area (Å²) < 4.78 is 0. The molecule has 5 heteroatoms. The van der Waals surface area contributed by atoms with Crippen LogP contribution in [0, 0.1) is 6.92 Å². The lowest BCUT2D eigenvalue weighted by molar-refractivity contribution is -0.114. The molecule has 0 fully saturated rings. The van der Waals surface area contributed by atoms with E-state index in [2.05, 4.69) is 10.6 Å². The summed E-state index contributed by atoms with van der Waals surface area (Å²) >= 11 is 5.92. The summed E-state index contributed by atoms with van der Waals surface area (Å²) in [6, 6.07) is 12.3. The fourth-order valence-electron chi connectivity index (χ4n) is 1.93. The van der Waals surface area contributed by atoms with Crippen LogP contribution in [0.1, 0.15) is 22.8 Å². The van der Waals surface area contributed by atoms with Gasteiger partial charge in [0, 0.05) is 22.0 Å². The van der Waals surface area contributed by atoms with Gasteiger partial charge in [-0.25, -0.2) is 0 Å². The summed E-state index contributed by atoms with van der Waals surface area (Å²) in [5.41, 5.74) is 3.07. The molecule has 0 aliphatic heterocycles. The van der Waals surface area contributed by atoms with Crippen molar-refractivity contribution in [3.63, 3.8) is 0 Å². The minimum atomic E-state index is -0.166. The lowest BCUT2D eigenvalue weighted by Gasteiger charge is -2.10. The van der Waals surface area contributed by atoms with Gasteiger partial charge in [0.05, 0.1) is 6.54 Å². The van der Waals surface area contributed by atoms with Crippen LogP contribution in [0.2, 0.25) is 5.02 Å². The van der Waals surface area contributed by atoms with E-state index < -0.39 is 0 Å². The Balaban J connectivity index is 1.92. The number of hydrogen-bond acceptors (Lipinski definition) is 3. The number of anilines is 2. The highest BCUT2D eigenvalue weighted by atomic mass is 35.5. The van der Waals surface area contributed by atoms with Crippen LogP contribution in [-0.2, 0) is 4.79 Å². The molecule has 22 heavy (non-hydrogen) atoms. The van der Waals surface area contributed by atoms with Crippen LogP contribution in [-0.4, -0.2) is 18.2 Å². The molecule has 0 unspecified atom stereocenters. The first-order chi connectivity index (χ1) is 10.5. The van der Waals surface area contributed by atoms with Crippen LogP contribution in [0.15, 0.2) is 42.5 Å². The third-order valence-electron chi connectivity index (χ3n) is 3.22. The molecule has 0 radical (unpaired) electrons. The van der Waals surface area contributed by atoms with Crippen LogP contribution in [0.3, 0.4) is 0 Å². The van der Waals surface area contributed by atoms with Crippen LogP contribution >= 0.6 is 11.6 Å². The topological polar surface area (TPSA) is 58.2 Å². The van der Waals surface area contributed by atoms with E-state index in [-0.39, 0.29) is 18.2 Å². The molecule has 0 atom stereocenters. The monoisotopic (exact) mass is 316 g/mol. The van der Waals surface area contributed by atoms with Gasteiger partial charge >= 0.3 is 0 Å². The molecule has 0 saturated carbocycles. The molecular weight excluding hydrogens is 300 g/mol. The van der Waals surface area contributed by atoms with E-state index in [4.69, 9.17) is 11.6 Å². The summed E-state index contributed by atoms with van der Waals surface area (Å²) in [6.45, 7) is 3.55. The van der Waals surface area contributed by atoms with Crippen molar-refractivity contribution < 1.29 is 9.59 Å². The average Bonchev–Trinajstić information content (AvgIpc) is 2.49. The maximum Gasteiger partial charge on any atom is 0.243 e. The molecule has 2 aromatic rings. The predicted octanol–water partition coefficient (Wildman–Crippen LogP) is 3.90. The normalized spacial score (nSPS) is 10.1. The zero-order valence-electron chi connectivity index (χ0n) is 12.4. The minimum Gasteiger partial charge on any atom is -0.376 e. The van der Waals surface area contributed by atoms with Crippen molar-refractivity contribution in [2.75, 3.05) is 17.2 Å². The summed E-state index contributed by atoms with van der Waals surface area (Å²) in [6.07, 6.45) is 0. The molecule has 0 aromatic heterocycles. The molecular formula is C17H17ClN2O2. The van der Waals surface area contributed by atoms with Gasteiger partial charge in [0.15, 0.2) is 5.78 Å². The Bertz CT molecular complexity index is 696. The Morgan fingerprint density at radius 3 is 2.41 bits per heavy atom. The first kappa shape index (κ1) is 16.0. The van der Waals surface area contributed by atoms with Crippen LogP contribution in [0.5, 0.6) is 0 Å². The zero-order valence-corrected chi connectivity index (χ0v) is 13.2. The second-order valence-electron chi connectivity index (χ2n) is 4.99. The van der Waals surface area contributed by atoms with Gasteiger partial charge in [0.25, 0.3) is 0 Å². The first-order valence-electron chi connectivity index (χ1n) is 6.86. The maximum atomic E-state index is 12.0. The summed E-state index contributed by atoms with van der Waals surface area (Å²) in [4.78, 5) is 23.1. The van der Waals surface area contributed by atoms with Crippen molar-refractivity contribution in [2.24, 2.45) is 0 Å². The molecule has 0 saturated heterocycles. The number of rotatable bonds is 5. The van der Waals surface area contributed by atoms with E-state index >= 15 is 0 Å². The number of Topliss-reactive ketones (excluding diaryl/α,β-unsaturated/α-hetero) is 1. The van der Waals surface area contributed by atoms with Crippen molar-refractivity contribution in [1.82, 2.24) is 0 Å². The van der Waals surface area contributed by atoms with Crippen LogP contribution < -0.4 is 10.6 Å². The molecule has 2 rings (SSSR count). The van der Waals surface area contributed by atoms with E-state index in [0.717, 1.165) is 11.3 Å². The number of nitrogens with one attached hydrogen (secondary N) is 2. The minimum absolute atomic E-state index is 0.0146. The third-order valence-corrected chi connectivity index (χ3v) is 3.45. The number of carbonyl (C=O) groups excluding carboxylic acids is 2. The van der Waals surface area contributed by atoms with E-state index in [9.17, 15) is 9.59 Å². The largest absolute Gasteiger partial charge is 0.376 e. The highest BCUT2D eigenvalue weighted by Crippen LogP contribution is 2.20. The second kappa shape index (κ2) is 7.09. The molecule has 4 nitrogen and oxygen atoms in total. The second-order valence-corrected chi connectivity index (χ2v) is 5.43. The van der Waals surface area contributed by atoms with Gasteiger partial charge in [-0.2, -0.15) is 0 Å². The fourth-order valence-corrected chi connectivity index (χ4v) is 2.10. The molecule has 0 spiro atoms. The van der Waals surface area contributed by atoms with Gasteiger partial charge in [-0.05, 0) is 55.8 Å². The summed E-state index contributed by atoms with van der Waals surface area (Å²) in [5, 5.41) is 6.40. The SMILES string of the molecule is CC(=O)c1ccc(NCC(=O)Nc2cc(Cl)ccc2C)cc1. The van der Waals surface area contributed by atoms with E-state index in [1.54, 1.807) is 36.4 Å². The maximum absolute atomic E-state index is 12.0. The van der Waals surface area contributed by atoms with E-state index in [1.165, 1.54) is 6.92 Å². The fraction of sp³-hybridized carbons (Fsp3) is 0.176. The summed E-state index contributed by atoms with van der Waals surface area (Å²) in [7, 11) is 0. The number of hydrogen-bond donors (Lipinski definition) is 2. The highest BCUT2D eigenvalue weighted by Gasteiger charge is 2.06. The number of halogens is 1. The van der Waals surface area contributed by atoms with Crippen LogP contribution in [0.4, 0.5) is 11.4 Å². The predicted molar refractivity (Wildman–Crippen MR) is 89.8 cm³/mol.